The number of halogens is 1. The van der Waals surface area contributed by atoms with Crippen molar-refractivity contribution >= 4 is 0 Å². The van der Waals surface area contributed by atoms with Gasteiger partial charge in [-0.15, -0.1) is 0 Å². The van der Waals surface area contributed by atoms with Crippen LogP contribution in [-0.4, -0.2) is 0 Å². The molecule has 0 radical (unpaired) electrons. The summed E-state index contributed by atoms with van der Waals surface area (Å²) in [5, 5.41) is 0. The van der Waals surface area contributed by atoms with Crippen molar-refractivity contribution in [2.75, 3.05) is 0 Å². The average molecular weight is 351 g/mol. The van der Waals surface area contributed by atoms with Gasteiger partial charge in [-0.3, -0.25) is 0 Å². The van der Waals surface area contributed by atoms with Crippen molar-refractivity contribution in [2.24, 2.45) is 0 Å². The summed E-state index contributed by atoms with van der Waals surface area (Å²) in [6.07, 6.45) is 0. The molecule has 94 valence electrons. The molecule has 2 aromatic carbocycles. The monoisotopic (exact) mass is 351 g/mol. The van der Waals surface area contributed by atoms with Gasteiger partial charge >= 0.3 is 21.2 Å². The first-order valence-electron chi connectivity index (χ1n) is 6.26. The number of aryl methyl sites for hydroxylation is 5. The van der Waals surface area contributed by atoms with E-state index in [4.69, 9.17) is 0 Å². The minimum Gasteiger partial charge on any atom is -0.0561 e. The van der Waals surface area contributed by atoms with Crippen LogP contribution < -0.4 is 21.2 Å². The molecule has 0 spiro atoms. The highest BCUT2D eigenvalue weighted by Gasteiger charge is 2.21. The van der Waals surface area contributed by atoms with E-state index in [1.165, 1.54) is 31.4 Å². The van der Waals surface area contributed by atoms with Gasteiger partial charge in [-0.05, 0) is 57.9 Å². The molecule has 0 aliphatic carbocycles. The summed E-state index contributed by atoms with van der Waals surface area (Å²) >= 11 is -0.0610. The lowest BCUT2D eigenvalue weighted by Crippen LogP contribution is -3.62. The van der Waals surface area contributed by atoms with E-state index in [9.17, 15) is 0 Å². The lowest BCUT2D eigenvalue weighted by atomic mass is 10.1. The minimum absolute atomic E-state index is 0.0610. The Morgan fingerprint density at radius 3 is 1.56 bits per heavy atom. The summed E-state index contributed by atoms with van der Waals surface area (Å²) in [5.74, 6) is 0. The lowest BCUT2D eigenvalue weighted by molar-refractivity contribution is -0.598. The fourth-order valence-electron chi connectivity index (χ4n) is 2.39. The molecule has 2 rings (SSSR count). The van der Waals surface area contributed by atoms with E-state index in [0.29, 0.717) is 0 Å². The van der Waals surface area contributed by atoms with Crippen LogP contribution in [0.25, 0.3) is 0 Å². The van der Waals surface area contributed by atoms with Crippen molar-refractivity contribution in [3.05, 3.63) is 65.3 Å². The highest BCUT2D eigenvalue weighted by Crippen LogP contribution is 2.08. The molecule has 0 bridgehead atoms. The van der Waals surface area contributed by atoms with Crippen LogP contribution in [0.15, 0.2) is 30.3 Å². The molecule has 0 N–H and O–H groups in total. The number of hydrogen-bond acceptors (Lipinski definition) is 0. The van der Waals surface area contributed by atoms with Crippen LogP contribution >= 0.6 is 0 Å². The molecule has 0 aliphatic heterocycles. The maximum Gasteiger partial charge on any atom is 0.358 e. The fourth-order valence-corrected chi connectivity index (χ4v) is 5.47. The van der Waals surface area contributed by atoms with Crippen molar-refractivity contribution in [1.29, 1.82) is 0 Å². The Balaban J connectivity index is 2.40. The standard InChI is InChI=1S/C17H20I/c1-11-6-12(2)10-16(9-11)18-17-14(4)7-13(3)8-15(17)5/h6-10H,1-5H3/q+1. The second kappa shape index (κ2) is 5.43. The first-order chi connectivity index (χ1) is 8.45. The van der Waals surface area contributed by atoms with E-state index >= 15 is 0 Å². The smallest absolute Gasteiger partial charge is 0.0561 e. The van der Waals surface area contributed by atoms with E-state index in [1.807, 2.05) is 0 Å². The molecule has 2 aromatic rings. The minimum atomic E-state index is -0.0610. The van der Waals surface area contributed by atoms with Gasteiger partial charge in [-0.1, -0.05) is 23.8 Å². The summed E-state index contributed by atoms with van der Waals surface area (Å²) in [5.41, 5.74) is 7.05. The average Bonchev–Trinajstić information content (AvgIpc) is 2.22. The summed E-state index contributed by atoms with van der Waals surface area (Å²) in [7, 11) is 0. The van der Waals surface area contributed by atoms with Crippen molar-refractivity contribution in [1.82, 2.24) is 0 Å². The third-order valence-corrected chi connectivity index (χ3v) is 6.46. The normalized spacial score (nSPS) is 10.7. The van der Waals surface area contributed by atoms with E-state index in [2.05, 4.69) is 65.0 Å². The summed E-state index contributed by atoms with van der Waals surface area (Å²) in [6.45, 7) is 11.1. The van der Waals surface area contributed by atoms with Crippen LogP contribution in [-0.2, 0) is 0 Å². The van der Waals surface area contributed by atoms with Crippen LogP contribution in [0.3, 0.4) is 0 Å². The van der Waals surface area contributed by atoms with Crippen LogP contribution in [0.5, 0.6) is 0 Å². The van der Waals surface area contributed by atoms with Crippen molar-refractivity contribution in [3.63, 3.8) is 0 Å². The molecule has 0 aromatic heterocycles. The first-order valence-corrected chi connectivity index (χ1v) is 8.42. The van der Waals surface area contributed by atoms with Crippen molar-refractivity contribution in [2.45, 2.75) is 34.6 Å². The Labute approximate surface area is 121 Å². The summed E-state index contributed by atoms with van der Waals surface area (Å²) < 4.78 is 3.12. The zero-order valence-corrected chi connectivity index (χ0v) is 13.9. The van der Waals surface area contributed by atoms with Crippen LogP contribution in [0.2, 0.25) is 0 Å². The SMILES string of the molecule is Cc1cc(C)cc([I+]c2c(C)cc(C)cc2C)c1. The maximum atomic E-state index is 2.35. The van der Waals surface area contributed by atoms with Gasteiger partial charge in [0.1, 0.15) is 0 Å². The molecular formula is C17H20I+. The molecule has 18 heavy (non-hydrogen) atoms. The van der Waals surface area contributed by atoms with Crippen LogP contribution in [0, 0.1) is 41.8 Å². The fraction of sp³-hybridized carbons (Fsp3) is 0.294. The van der Waals surface area contributed by atoms with Gasteiger partial charge in [0.05, 0.1) is 0 Å². The lowest BCUT2D eigenvalue weighted by Gasteiger charge is -2.01. The van der Waals surface area contributed by atoms with E-state index in [1.54, 1.807) is 3.57 Å². The van der Waals surface area contributed by atoms with Gasteiger partial charge in [0.15, 0.2) is 7.14 Å². The zero-order valence-electron chi connectivity index (χ0n) is 11.8. The highest BCUT2D eigenvalue weighted by molar-refractivity contribution is 5.27. The molecule has 1 heteroatoms. The Morgan fingerprint density at radius 2 is 1.06 bits per heavy atom. The molecule has 0 atom stereocenters. The Morgan fingerprint density at radius 1 is 0.611 bits per heavy atom. The number of benzene rings is 2. The molecule has 0 saturated carbocycles. The molecule has 0 aliphatic rings. The van der Waals surface area contributed by atoms with E-state index in [0.717, 1.165) is 0 Å². The molecule has 0 heterocycles. The number of hydrogen-bond donors (Lipinski definition) is 0. The molecule has 0 saturated heterocycles. The van der Waals surface area contributed by atoms with Crippen molar-refractivity contribution in [3.8, 4) is 0 Å². The van der Waals surface area contributed by atoms with Crippen molar-refractivity contribution < 1.29 is 21.2 Å². The predicted molar refractivity (Wildman–Crippen MR) is 74.0 cm³/mol. The maximum absolute atomic E-state index is 2.35. The highest BCUT2D eigenvalue weighted by atomic mass is 127. The molecule has 0 amide bonds. The van der Waals surface area contributed by atoms with Crippen LogP contribution in [0.4, 0.5) is 0 Å². The summed E-state index contributed by atoms with van der Waals surface area (Å²) in [6, 6.07) is 11.6. The van der Waals surface area contributed by atoms with Crippen LogP contribution in [0.1, 0.15) is 27.8 Å². The van der Waals surface area contributed by atoms with Gasteiger partial charge in [0.2, 0.25) is 0 Å². The third kappa shape index (κ3) is 3.14. The van der Waals surface area contributed by atoms with E-state index in [-0.39, 0.29) is 21.2 Å². The second-order valence-electron chi connectivity index (χ2n) is 5.11. The largest absolute Gasteiger partial charge is 0.358 e. The Kier molecular flexibility index (Phi) is 4.10. The molecule has 0 fully saturated rings. The Hall–Kier alpha value is -0.830. The second-order valence-corrected chi connectivity index (χ2v) is 7.98. The predicted octanol–water partition coefficient (Wildman–Crippen LogP) is 1.36. The quantitative estimate of drug-likeness (QED) is 0.717. The van der Waals surface area contributed by atoms with Gasteiger partial charge in [-0.2, -0.15) is 0 Å². The van der Waals surface area contributed by atoms with Gasteiger partial charge in [0, 0.05) is 11.1 Å². The first kappa shape index (κ1) is 13.6. The van der Waals surface area contributed by atoms with Gasteiger partial charge in [-0.25, -0.2) is 0 Å². The summed E-state index contributed by atoms with van der Waals surface area (Å²) in [4.78, 5) is 0. The third-order valence-electron chi connectivity index (χ3n) is 2.97. The topological polar surface area (TPSA) is 0 Å². The number of rotatable bonds is 2. The molecule has 0 nitrogen and oxygen atoms in total. The molecular weight excluding hydrogens is 331 g/mol. The Bertz CT molecular complexity index is 539. The van der Waals surface area contributed by atoms with Gasteiger partial charge in [0.25, 0.3) is 0 Å². The van der Waals surface area contributed by atoms with E-state index < -0.39 is 0 Å². The van der Waals surface area contributed by atoms with Gasteiger partial charge < -0.3 is 0 Å². The zero-order chi connectivity index (χ0) is 13.3. The molecule has 0 unspecified atom stereocenters.